The molecule has 16 aromatic rings. The van der Waals surface area contributed by atoms with Gasteiger partial charge < -0.3 is 30.7 Å². The molecular weight excluding hydrogens is 1610 g/mol. The van der Waals surface area contributed by atoms with Crippen LogP contribution in [0.4, 0.5) is 17.6 Å². The average molecular weight is 1720 g/mol. The van der Waals surface area contributed by atoms with Gasteiger partial charge in [0.25, 0.3) is 0 Å². The summed E-state index contributed by atoms with van der Waals surface area (Å²) >= 11 is 3.50. The van der Waals surface area contributed by atoms with Gasteiger partial charge in [0.05, 0.1) is 35.3 Å². The van der Waals surface area contributed by atoms with Crippen molar-refractivity contribution in [1.29, 1.82) is 0 Å². The maximum absolute atomic E-state index is 15.3. The minimum absolute atomic E-state index is 0.234. The van der Waals surface area contributed by atoms with E-state index in [9.17, 15) is 0 Å². The quantitative estimate of drug-likeness (QED) is 0.0238. The van der Waals surface area contributed by atoms with Gasteiger partial charge in [-0.05, 0) is 285 Å². The van der Waals surface area contributed by atoms with Gasteiger partial charge in [-0.25, -0.2) is 17.6 Å². The van der Waals surface area contributed by atoms with Gasteiger partial charge in [-0.15, -0.1) is 0 Å². The Hall–Kier alpha value is -11.8. The highest BCUT2D eigenvalue weighted by molar-refractivity contribution is 9.10. The first-order valence-electron chi connectivity index (χ1n) is 42.7. The van der Waals surface area contributed by atoms with Gasteiger partial charge in [0.2, 0.25) is 0 Å². The van der Waals surface area contributed by atoms with E-state index in [2.05, 4.69) is 113 Å². The van der Waals surface area contributed by atoms with E-state index in [4.69, 9.17) is 9.47 Å². The molecule has 0 aliphatic heterocycles. The van der Waals surface area contributed by atoms with Crippen molar-refractivity contribution >= 4 is 59.5 Å². The summed E-state index contributed by atoms with van der Waals surface area (Å²) in [6.45, 7) is 9.41. The third-order valence-corrected chi connectivity index (χ3v) is 22.9. The first-order chi connectivity index (χ1) is 59.9. The van der Waals surface area contributed by atoms with E-state index in [-0.39, 0.29) is 23.3 Å². The van der Waals surface area contributed by atoms with Crippen molar-refractivity contribution in [2.75, 3.05) is 67.6 Å². The second-order valence-electron chi connectivity index (χ2n) is 31.3. The fourth-order valence-corrected chi connectivity index (χ4v) is 16.3. The molecule has 0 unspecified atom stereocenters. The Morgan fingerprint density at radius 2 is 0.618 bits per heavy atom. The van der Waals surface area contributed by atoms with Crippen LogP contribution in [0.15, 0.2) is 253 Å². The van der Waals surface area contributed by atoms with Gasteiger partial charge in [-0.3, -0.25) is 18.7 Å². The number of halogens is 5. The maximum atomic E-state index is 15.3. The van der Waals surface area contributed by atoms with E-state index >= 15 is 17.6 Å². The number of nitrogens with one attached hydrogen (secondary N) is 4. The number of para-hydroxylation sites is 3. The highest BCUT2D eigenvalue weighted by Crippen LogP contribution is 2.41. The fourth-order valence-electron chi connectivity index (χ4n) is 15.9. The number of aryl methyl sites for hydroxylation is 8. The van der Waals surface area contributed by atoms with Crippen molar-refractivity contribution in [2.24, 2.45) is 28.2 Å². The van der Waals surface area contributed by atoms with Crippen molar-refractivity contribution in [2.45, 2.75) is 90.9 Å². The number of unbranched alkanes of at least 4 members (excludes halogenated alkanes) is 6. The van der Waals surface area contributed by atoms with E-state index < -0.39 is 0 Å². The fraction of sp³-hybridized carbons (Fsp3) is 0.269. The van der Waals surface area contributed by atoms with Gasteiger partial charge in [0.1, 0.15) is 57.5 Å². The Kier molecular flexibility index (Phi) is 31.3. The predicted molar refractivity (Wildman–Crippen MR) is 504 cm³/mol. The van der Waals surface area contributed by atoms with Crippen molar-refractivity contribution in [3.8, 4) is 101 Å². The van der Waals surface area contributed by atoms with Crippen molar-refractivity contribution in [1.82, 2.24) is 60.4 Å². The Balaban J connectivity index is 0.000000141. The minimum atomic E-state index is -0.304. The molecule has 4 N–H and O–H groups in total. The lowest BCUT2D eigenvalue weighted by atomic mass is 9.94. The summed E-state index contributed by atoms with van der Waals surface area (Å²) in [7, 11) is 15.4. The SMILES string of the molecule is CNCCCCCc1ccccc1-c1ccc(-c2nn(C)c3cc(C)ccc23)c(F)c1.CNCCCCCc1ccccc1-c1ccc(-c2nn(C)c3ccccc23)c(F)c1.CNCCCCOc1ccccc1-c1ccc(-c2nn(C)c3cc(C)ccc23)c(F)c1.CNCCCCOc1ccccc1-c1ccc(-c2nn(C)c3ccc(Br)cc23)c(F)c1. The van der Waals surface area contributed by atoms with Crippen LogP contribution in [0.1, 0.15) is 86.5 Å². The molecule has 0 saturated heterocycles. The third-order valence-electron chi connectivity index (χ3n) is 22.4. The van der Waals surface area contributed by atoms with Crippen LogP contribution in [0.5, 0.6) is 11.5 Å². The van der Waals surface area contributed by atoms with Crippen molar-refractivity contribution < 1.29 is 27.0 Å². The monoisotopic (exact) mass is 1710 g/mol. The largest absolute Gasteiger partial charge is 0.493 e. The highest BCUT2D eigenvalue weighted by atomic mass is 79.9. The molecule has 19 heteroatoms. The van der Waals surface area contributed by atoms with Crippen molar-refractivity contribution in [3.63, 3.8) is 0 Å². The zero-order chi connectivity index (χ0) is 86.3. The van der Waals surface area contributed by atoms with Crippen LogP contribution >= 0.6 is 15.9 Å². The van der Waals surface area contributed by atoms with Crippen LogP contribution in [-0.2, 0) is 41.0 Å². The summed E-state index contributed by atoms with van der Waals surface area (Å²) in [5, 5.41) is 34.8. The number of rotatable bonds is 32. The van der Waals surface area contributed by atoms with Gasteiger partial charge in [0, 0.05) is 87.6 Å². The van der Waals surface area contributed by atoms with E-state index in [1.807, 2.05) is 243 Å². The number of nitrogens with zero attached hydrogens (tertiary/aromatic N) is 8. The second-order valence-corrected chi connectivity index (χ2v) is 32.3. The number of aromatic nitrogens is 8. The second kappa shape index (κ2) is 43.3. The highest BCUT2D eigenvalue weighted by Gasteiger charge is 2.23. The molecule has 14 nitrogen and oxygen atoms in total. The molecule has 123 heavy (non-hydrogen) atoms. The molecule has 0 radical (unpaired) electrons. The number of fused-ring (bicyclic) bond motifs is 4. The lowest BCUT2D eigenvalue weighted by Crippen LogP contribution is -2.09. The molecule has 0 aliphatic carbocycles. The third kappa shape index (κ3) is 22.0. The van der Waals surface area contributed by atoms with Crippen LogP contribution in [0, 0.1) is 37.1 Å². The van der Waals surface area contributed by atoms with E-state index in [1.54, 1.807) is 39.7 Å². The number of ether oxygens (including phenoxy) is 2. The predicted octanol–water partition coefficient (Wildman–Crippen LogP) is 24.2. The standard InChI is InChI=1S/C27H30FN3.C26H28FN3O.C26H28FN3.C25H25BrFN3O/c1-19-12-14-24-26(17-19)31(3)30-27(24)23-15-13-21(18-25(23)28)22-11-7-6-10-20(22)9-5-4-8-16-29-2;1-18-10-12-22-24(16-18)30(3)29-26(22)21-13-11-19(17-23(21)27)20-8-4-5-9-25(20)31-15-7-6-14-28-2;1-28-17-9-3-4-10-19-11-5-6-12-21(19)20-15-16-22(24(27)18-20)26-23-13-7-8-14-25(23)30(2)29-26;1-28-13-5-6-14-31-24-8-4-3-7-19(24)17-9-11-20(22(27)15-17)25-21-16-18(26)10-12-23(21)30(2)29-25/h6-7,10-15,17-18,29H,4-5,8-9,16H2,1-3H3;4-5,8-13,16-17,28H,6-7,14-15H2,1-3H3;5-8,11-16,18,28H,3-4,9-10,17H2,1-2H3;3-4,7-12,15-16,28H,5-6,13-14H2,1-2H3. The Morgan fingerprint density at radius 1 is 0.293 bits per heavy atom. The molecule has 634 valence electrons. The molecule has 0 fully saturated rings. The van der Waals surface area contributed by atoms with Crippen LogP contribution in [0.3, 0.4) is 0 Å². The molecule has 4 heterocycles. The summed E-state index contributed by atoms with van der Waals surface area (Å²) in [5.41, 5.74) is 21.0. The van der Waals surface area contributed by atoms with E-state index in [0.717, 1.165) is 187 Å². The van der Waals surface area contributed by atoms with E-state index in [0.29, 0.717) is 58.2 Å². The lowest BCUT2D eigenvalue weighted by Gasteiger charge is -2.12. The molecular formula is C104H111BrF4N12O2. The molecule has 0 spiro atoms. The zero-order valence-corrected chi connectivity index (χ0v) is 73.8. The molecule has 0 bridgehead atoms. The molecule has 0 saturated carbocycles. The van der Waals surface area contributed by atoms with Crippen LogP contribution in [0.2, 0.25) is 0 Å². The van der Waals surface area contributed by atoms with Gasteiger partial charge in [0.15, 0.2) is 0 Å². The average Bonchev–Trinajstić information content (AvgIpc) is 1.66. The Labute approximate surface area is 728 Å². The van der Waals surface area contributed by atoms with Crippen LogP contribution in [-0.4, -0.2) is 107 Å². The molecule has 16 rings (SSSR count). The molecule has 0 aliphatic rings. The normalized spacial score (nSPS) is 11.3. The lowest BCUT2D eigenvalue weighted by molar-refractivity contribution is 0.307. The number of benzene rings is 12. The molecule has 0 amide bonds. The van der Waals surface area contributed by atoms with Gasteiger partial charge in [-0.1, -0.05) is 180 Å². The van der Waals surface area contributed by atoms with E-state index in [1.165, 1.54) is 42.4 Å². The minimum Gasteiger partial charge on any atom is -0.493 e. The summed E-state index contributed by atoms with van der Waals surface area (Å²) in [6.07, 6.45) is 13.1. The number of hydrogen-bond donors (Lipinski definition) is 4. The smallest absolute Gasteiger partial charge is 0.133 e. The first kappa shape index (κ1) is 88.9. The van der Waals surface area contributed by atoms with Gasteiger partial charge in [-0.2, -0.15) is 20.4 Å². The Bertz CT molecular complexity index is 6060. The van der Waals surface area contributed by atoms with Crippen molar-refractivity contribution in [3.05, 3.63) is 299 Å². The zero-order valence-electron chi connectivity index (χ0n) is 72.2. The first-order valence-corrected chi connectivity index (χ1v) is 43.5. The molecule has 12 aromatic carbocycles. The molecule has 0 atom stereocenters. The van der Waals surface area contributed by atoms with Gasteiger partial charge >= 0.3 is 0 Å². The summed E-state index contributed by atoms with van der Waals surface area (Å²) < 4.78 is 81.2. The molecule has 4 aromatic heterocycles. The summed E-state index contributed by atoms with van der Waals surface area (Å²) in [6, 6.07) is 80.1. The summed E-state index contributed by atoms with van der Waals surface area (Å²) in [5.74, 6) is 0.481. The van der Waals surface area contributed by atoms with Crippen LogP contribution in [0.25, 0.3) is 133 Å². The Morgan fingerprint density at radius 3 is 1.02 bits per heavy atom. The topological polar surface area (TPSA) is 138 Å². The maximum Gasteiger partial charge on any atom is 0.133 e. The summed E-state index contributed by atoms with van der Waals surface area (Å²) in [4.78, 5) is 0. The number of hydrogen-bond acceptors (Lipinski definition) is 10. The van der Waals surface area contributed by atoms with Crippen LogP contribution < -0.4 is 30.7 Å².